The lowest BCUT2D eigenvalue weighted by molar-refractivity contribution is -0.384. The normalized spacial score (nSPS) is 14.7. The maximum Gasteiger partial charge on any atom is 0.271 e. The number of thioether (sulfide) groups is 1. The second kappa shape index (κ2) is 7.42. The van der Waals surface area contributed by atoms with Crippen LogP contribution >= 0.6 is 11.8 Å². The van der Waals surface area contributed by atoms with E-state index in [2.05, 4.69) is 21.5 Å². The van der Waals surface area contributed by atoms with E-state index in [9.17, 15) is 15.4 Å². The van der Waals surface area contributed by atoms with Crippen molar-refractivity contribution in [2.45, 2.75) is 6.92 Å². The van der Waals surface area contributed by atoms with Gasteiger partial charge in [0.1, 0.15) is 29.2 Å². The van der Waals surface area contributed by atoms with Crippen molar-refractivity contribution in [3.63, 3.8) is 0 Å². The van der Waals surface area contributed by atoms with Gasteiger partial charge in [0.15, 0.2) is 0 Å². The van der Waals surface area contributed by atoms with Gasteiger partial charge in [-0.2, -0.15) is 10.4 Å². The quantitative estimate of drug-likeness (QED) is 0.517. The summed E-state index contributed by atoms with van der Waals surface area (Å²) >= 11 is 1.36. The van der Waals surface area contributed by atoms with Crippen LogP contribution in [0.1, 0.15) is 6.92 Å². The molecule has 0 radical (unpaired) electrons. The molecule has 0 atom stereocenters. The van der Waals surface area contributed by atoms with E-state index in [1.807, 2.05) is 6.26 Å². The number of nitriles is 1. The Bertz CT molecular complexity index is 750. The first-order valence-electron chi connectivity index (χ1n) is 6.61. The fourth-order valence-corrected chi connectivity index (χ4v) is 2.51. The van der Waals surface area contributed by atoms with Crippen molar-refractivity contribution in [2.75, 3.05) is 18.2 Å². The lowest BCUT2D eigenvalue weighted by Crippen LogP contribution is -2.29. The SMILES string of the molecule is C/C=N\N1CN=C(SC)C(C#N)=C1Nc1cccc([N+](=O)[O-])c1. The zero-order valence-corrected chi connectivity index (χ0v) is 13.4. The van der Waals surface area contributed by atoms with E-state index in [1.165, 1.54) is 28.9 Å². The average molecular weight is 330 g/mol. The predicted octanol–water partition coefficient (Wildman–Crippen LogP) is 2.78. The van der Waals surface area contributed by atoms with E-state index < -0.39 is 4.92 Å². The van der Waals surface area contributed by atoms with Crippen molar-refractivity contribution in [3.8, 4) is 6.07 Å². The lowest BCUT2D eigenvalue weighted by Gasteiger charge is -2.26. The number of benzene rings is 1. The minimum Gasteiger partial charge on any atom is -0.339 e. The van der Waals surface area contributed by atoms with Gasteiger partial charge >= 0.3 is 0 Å². The Balaban J connectivity index is 2.44. The van der Waals surface area contributed by atoms with Gasteiger partial charge < -0.3 is 5.32 Å². The first kappa shape index (κ1) is 16.5. The summed E-state index contributed by atoms with van der Waals surface area (Å²) in [7, 11) is 0. The van der Waals surface area contributed by atoms with Crippen LogP contribution in [0.4, 0.5) is 11.4 Å². The standard InChI is InChI=1S/C14H14N6O2S/c1-3-17-19-9-16-14(23-2)12(8-15)13(19)18-10-5-4-6-11(7-10)20(21)22/h3-7,18H,9H2,1-2H3/b17-3-. The van der Waals surface area contributed by atoms with E-state index in [0.717, 1.165) is 0 Å². The van der Waals surface area contributed by atoms with Crippen molar-refractivity contribution in [2.24, 2.45) is 10.1 Å². The number of rotatable bonds is 4. The Labute approximate surface area is 137 Å². The molecule has 1 N–H and O–H groups in total. The molecule has 0 saturated heterocycles. The molecule has 9 heteroatoms. The van der Waals surface area contributed by atoms with Crippen molar-refractivity contribution in [3.05, 3.63) is 45.8 Å². The van der Waals surface area contributed by atoms with Gasteiger partial charge in [-0.15, -0.1) is 11.8 Å². The third-order valence-electron chi connectivity index (χ3n) is 2.94. The van der Waals surface area contributed by atoms with Crippen molar-refractivity contribution < 1.29 is 4.92 Å². The molecule has 23 heavy (non-hydrogen) atoms. The van der Waals surface area contributed by atoms with Gasteiger partial charge in [0, 0.05) is 24.0 Å². The molecule has 0 amide bonds. The van der Waals surface area contributed by atoms with Crippen LogP contribution in [-0.2, 0) is 0 Å². The molecule has 0 fully saturated rings. The summed E-state index contributed by atoms with van der Waals surface area (Å²) in [5.41, 5.74) is 0.815. The number of aliphatic imine (C=N–C) groups is 1. The summed E-state index contributed by atoms with van der Waals surface area (Å²) in [6, 6.07) is 8.19. The third-order valence-corrected chi connectivity index (χ3v) is 3.66. The number of nitrogens with zero attached hydrogens (tertiary/aromatic N) is 5. The first-order valence-corrected chi connectivity index (χ1v) is 7.84. The lowest BCUT2D eigenvalue weighted by atomic mass is 10.2. The second-order valence-electron chi connectivity index (χ2n) is 4.35. The van der Waals surface area contributed by atoms with Crippen LogP contribution in [0.2, 0.25) is 0 Å². The number of anilines is 1. The molecule has 1 heterocycles. The zero-order chi connectivity index (χ0) is 16.8. The van der Waals surface area contributed by atoms with Gasteiger partial charge in [0.25, 0.3) is 5.69 Å². The molecule has 118 valence electrons. The van der Waals surface area contributed by atoms with Crippen LogP contribution in [-0.4, -0.2) is 34.1 Å². The summed E-state index contributed by atoms with van der Waals surface area (Å²) in [5, 5.41) is 29.7. The molecule has 1 aliphatic rings. The number of hydrogen-bond donors (Lipinski definition) is 1. The topological polar surface area (TPSA) is 107 Å². The molecule has 0 unspecified atom stereocenters. The minimum atomic E-state index is -0.470. The average Bonchev–Trinajstić information content (AvgIpc) is 2.56. The van der Waals surface area contributed by atoms with E-state index in [-0.39, 0.29) is 12.4 Å². The molecular weight excluding hydrogens is 316 g/mol. The van der Waals surface area contributed by atoms with Crippen molar-refractivity contribution in [1.82, 2.24) is 5.01 Å². The highest BCUT2D eigenvalue weighted by molar-refractivity contribution is 8.13. The third kappa shape index (κ3) is 3.67. The molecule has 1 aromatic carbocycles. The highest BCUT2D eigenvalue weighted by Gasteiger charge is 2.23. The molecule has 2 rings (SSSR count). The van der Waals surface area contributed by atoms with E-state index >= 15 is 0 Å². The van der Waals surface area contributed by atoms with Gasteiger partial charge in [-0.25, -0.2) is 5.01 Å². The number of nitro groups is 1. The van der Waals surface area contributed by atoms with Gasteiger partial charge in [-0.1, -0.05) is 6.07 Å². The molecule has 1 aromatic rings. The summed E-state index contributed by atoms with van der Waals surface area (Å²) in [5.74, 6) is 0.449. The van der Waals surface area contributed by atoms with Gasteiger partial charge in [0.05, 0.1) is 4.92 Å². The Morgan fingerprint density at radius 2 is 2.39 bits per heavy atom. The van der Waals surface area contributed by atoms with E-state index in [1.54, 1.807) is 25.3 Å². The highest BCUT2D eigenvalue weighted by atomic mass is 32.2. The van der Waals surface area contributed by atoms with Crippen LogP contribution in [0, 0.1) is 21.4 Å². The van der Waals surface area contributed by atoms with Crippen LogP contribution < -0.4 is 5.32 Å². The molecule has 0 aromatic heterocycles. The minimum absolute atomic E-state index is 0.0331. The molecule has 8 nitrogen and oxygen atoms in total. The fourth-order valence-electron chi connectivity index (χ4n) is 1.97. The summed E-state index contributed by atoms with van der Waals surface area (Å²) < 4.78 is 0. The Morgan fingerprint density at radius 1 is 1.61 bits per heavy atom. The number of nitrogens with one attached hydrogen (secondary N) is 1. The number of hydrazone groups is 1. The predicted molar refractivity (Wildman–Crippen MR) is 91.2 cm³/mol. The molecule has 0 saturated carbocycles. The fraction of sp³-hybridized carbons (Fsp3) is 0.214. The van der Waals surface area contributed by atoms with Crippen molar-refractivity contribution >= 4 is 34.4 Å². The maximum absolute atomic E-state index is 10.9. The second-order valence-corrected chi connectivity index (χ2v) is 5.14. The van der Waals surface area contributed by atoms with Crippen LogP contribution in [0.3, 0.4) is 0 Å². The molecule has 0 bridgehead atoms. The molecule has 1 aliphatic heterocycles. The first-order chi connectivity index (χ1) is 11.1. The Hall–Kier alpha value is -2.86. The van der Waals surface area contributed by atoms with Crippen LogP contribution in [0.25, 0.3) is 0 Å². The van der Waals surface area contributed by atoms with E-state index in [0.29, 0.717) is 22.1 Å². The number of non-ortho nitro benzene ring substituents is 1. The Morgan fingerprint density at radius 3 is 3.00 bits per heavy atom. The smallest absolute Gasteiger partial charge is 0.271 e. The van der Waals surface area contributed by atoms with Crippen molar-refractivity contribution in [1.29, 1.82) is 5.26 Å². The van der Waals surface area contributed by atoms with Crippen LogP contribution in [0.15, 0.2) is 45.8 Å². The Kier molecular flexibility index (Phi) is 5.32. The highest BCUT2D eigenvalue weighted by Crippen LogP contribution is 2.25. The summed E-state index contributed by atoms with van der Waals surface area (Å²) in [4.78, 5) is 14.7. The van der Waals surface area contributed by atoms with Gasteiger partial charge in [-0.3, -0.25) is 15.1 Å². The molecular formula is C14H14N6O2S. The number of hydrogen-bond acceptors (Lipinski definition) is 8. The molecule has 0 spiro atoms. The van der Waals surface area contributed by atoms with E-state index in [4.69, 9.17) is 0 Å². The van der Waals surface area contributed by atoms with Crippen LogP contribution in [0.5, 0.6) is 0 Å². The van der Waals surface area contributed by atoms with Gasteiger partial charge in [0.2, 0.25) is 0 Å². The zero-order valence-electron chi connectivity index (χ0n) is 12.6. The number of nitro benzene ring substituents is 1. The monoisotopic (exact) mass is 330 g/mol. The summed E-state index contributed by atoms with van der Waals surface area (Å²) in [6.07, 6.45) is 3.42. The maximum atomic E-state index is 10.9. The largest absolute Gasteiger partial charge is 0.339 e. The van der Waals surface area contributed by atoms with Gasteiger partial charge in [-0.05, 0) is 19.2 Å². The summed E-state index contributed by atoms with van der Waals surface area (Å²) in [6.45, 7) is 2.02. The molecule has 0 aliphatic carbocycles.